The topological polar surface area (TPSA) is 48.5 Å². The number of aromatic nitrogens is 1. The number of pyridine rings is 1. The van der Waals surface area contributed by atoms with Gasteiger partial charge in [-0.25, -0.2) is 0 Å². The highest BCUT2D eigenvalue weighted by molar-refractivity contribution is 5.77. The van der Waals surface area contributed by atoms with Crippen molar-refractivity contribution in [1.29, 1.82) is 0 Å². The smallest absolute Gasteiger partial charge is 0.236 e. The van der Waals surface area contributed by atoms with Gasteiger partial charge in [-0.3, -0.25) is 14.7 Å². The molecule has 0 saturated carbocycles. The minimum Gasteiger partial charge on any atom is -0.381 e. The van der Waals surface area contributed by atoms with Gasteiger partial charge < -0.3 is 10.2 Å². The molecule has 0 aromatic carbocycles. The van der Waals surface area contributed by atoms with Gasteiger partial charge in [-0.05, 0) is 31.4 Å². The zero-order chi connectivity index (χ0) is 14.5. The third-order valence-electron chi connectivity index (χ3n) is 3.84. The summed E-state index contributed by atoms with van der Waals surface area (Å²) in [5.41, 5.74) is 2.35. The SMILES string of the molecule is Cc1ccncc1NC1CCN(CC(=O)N(C)C)CC1. The standard InChI is InChI=1S/C15H24N4O/c1-12-4-7-16-10-14(12)17-13-5-8-19(9-6-13)11-15(20)18(2)3/h4,7,10,13,17H,5-6,8-9,11H2,1-3H3. The Hall–Kier alpha value is -1.62. The van der Waals surface area contributed by atoms with Crippen LogP contribution in [0.2, 0.25) is 0 Å². The number of hydrogen-bond acceptors (Lipinski definition) is 4. The Kier molecular flexibility index (Phi) is 4.95. The Morgan fingerprint density at radius 2 is 2.15 bits per heavy atom. The average Bonchev–Trinajstić information content (AvgIpc) is 2.43. The second-order valence-corrected chi connectivity index (χ2v) is 5.67. The fourth-order valence-corrected chi connectivity index (χ4v) is 2.40. The fourth-order valence-electron chi connectivity index (χ4n) is 2.40. The molecular formula is C15H24N4O. The van der Waals surface area contributed by atoms with Gasteiger partial charge in [0.05, 0.1) is 18.4 Å². The number of nitrogens with zero attached hydrogens (tertiary/aromatic N) is 3. The van der Waals surface area contributed by atoms with Crippen LogP contribution in [0.1, 0.15) is 18.4 Å². The molecule has 1 aliphatic heterocycles. The summed E-state index contributed by atoms with van der Waals surface area (Å²) in [5.74, 6) is 0.180. The number of piperidine rings is 1. The molecule has 1 aliphatic rings. The molecule has 20 heavy (non-hydrogen) atoms. The summed E-state index contributed by atoms with van der Waals surface area (Å²) in [6, 6.07) is 2.50. The van der Waals surface area contributed by atoms with E-state index >= 15 is 0 Å². The minimum absolute atomic E-state index is 0.180. The predicted octanol–water partition coefficient (Wildman–Crippen LogP) is 1.35. The van der Waals surface area contributed by atoms with Crippen LogP contribution in [-0.4, -0.2) is 60.5 Å². The zero-order valence-electron chi connectivity index (χ0n) is 12.6. The number of carbonyl (C=O) groups excluding carboxylic acids is 1. The highest BCUT2D eigenvalue weighted by Gasteiger charge is 2.21. The first-order chi connectivity index (χ1) is 9.56. The highest BCUT2D eigenvalue weighted by Crippen LogP contribution is 2.18. The van der Waals surface area contributed by atoms with Gasteiger partial charge in [0, 0.05) is 39.4 Å². The molecule has 1 aromatic heterocycles. The normalized spacial score (nSPS) is 16.9. The predicted molar refractivity (Wildman–Crippen MR) is 80.8 cm³/mol. The van der Waals surface area contributed by atoms with Crippen molar-refractivity contribution in [1.82, 2.24) is 14.8 Å². The van der Waals surface area contributed by atoms with Crippen LogP contribution >= 0.6 is 0 Å². The number of likely N-dealkylation sites (N-methyl/N-ethyl adjacent to an activating group) is 1. The molecule has 0 radical (unpaired) electrons. The molecule has 0 bridgehead atoms. The molecule has 0 atom stereocenters. The molecule has 1 aromatic rings. The number of likely N-dealkylation sites (tertiary alicyclic amines) is 1. The van der Waals surface area contributed by atoms with E-state index < -0.39 is 0 Å². The Balaban J connectivity index is 1.80. The lowest BCUT2D eigenvalue weighted by Crippen LogP contribution is -2.44. The van der Waals surface area contributed by atoms with Gasteiger partial charge in [-0.15, -0.1) is 0 Å². The number of carbonyl (C=O) groups is 1. The maximum Gasteiger partial charge on any atom is 0.236 e. The first-order valence-electron chi connectivity index (χ1n) is 7.16. The number of rotatable bonds is 4. The van der Waals surface area contributed by atoms with E-state index in [1.165, 1.54) is 5.56 Å². The second-order valence-electron chi connectivity index (χ2n) is 5.67. The van der Waals surface area contributed by atoms with E-state index in [0.717, 1.165) is 31.6 Å². The van der Waals surface area contributed by atoms with Crippen molar-refractivity contribution >= 4 is 11.6 Å². The van der Waals surface area contributed by atoms with Crippen LogP contribution in [0.3, 0.4) is 0 Å². The number of hydrogen-bond donors (Lipinski definition) is 1. The summed E-state index contributed by atoms with van der Waals surface area (Å²) in [6.07, 6.45) is 5.83. The molecule has 2 rings (SSSR count). The molecule has 1 amide bonds. The van der Waals surface area contributed by atoms with Crippen molar-refractivity contribution in [3.8, 4) is 0 Å². The first-order valence-corrected chi connectivity index (χ1v) is 7.16. The van der Waals surface area contributed by atoms with Crippen LogP contribution in [0.5, 0.6) is 0 Å². The van der Waals surface area contributed by atoms with Crippen molar-refractivity contribution in [2.45, 2.75) is 25.8 Å². The lowest BCUT2D eigenvalue weighted by atomic mass is 10.0. The van der Waals surface area contributed by atoms with E-state index in [9.17, 15) is 4.79 Å². The Labute approximate surface area is 121 Å². The van der Waals surface area contributed by atoms with Crippen molar-refractivity contribution in [2.24, 2.45) is 0 Å². The van der Waals surface area contributed by atoms with E-state index in [1.807, 2.05) is 32.6 Å². The van der Waals surface area contributed by atoms with Crippen LogP contribution in [0.25, 0.3) is 0 Å². The van der Waals surface area contributed by atoms with Gasteiger partial charge in [0.25, 0.3) is 0 Å². The molecule has 110 valence electrons. The van der Waals surface area contributed by atoms with Crippen molar-refractivity contribution in [3.05, 3.63) is 24.0 Å². The van der Waals surface area contributed by atoms with Crippen LogP contribution in [-0.2, 0) is 4.79 Å². The Morgan fingerprint density at radius 3 is 2.75 bits per heavy atom. The van der Waals surface area contributed by atoms with Gasteiger partial charge in [0.1, 0.15) is 0 Å². The molecular weight excluding hydrogens is 252 g/mol. The lowest BCUT2D eigenvalue weighted by Gasteiger charge is -2.33. The van der Waals surface area contributed by atoms with E-state index in [4.69, 9.17) is 0 Å². The summed E-state index contributed by atoms with van der Waals surface area (Å²) in [6.45, 7) is 4.56. The number of anilines is 1. The number of nitrogens with one attached hydrogen (secondary N) is 1. The highest BCUT2D eigenvalue weighted by atomic mass is 16.2. The molecule has 0 aliphatic carbocycles. The summed E-state index contributed by atoms with van der Waals surface area (Å²) in [7, 11) is 3.61. The molecule has 1 fully saturated rings. The van der Waals surface area contributed by atoms with Gasteiger partial charge in [0.15, 0.2) is 0 Å². The quantitative estimate of drug-likeness (QED) is 0.902. The zero-order valence-corrected chi connectivity index (χ0v) is 12.6. The Morgan fingerprint density at radius 1 is 1.45 bits per heavy atom. The van der Waals surface area contributed by atoms with Crippen LogP contribution in [0, 0.1) is 6.92 Å². The van der Waals surface area contributed by atoms with E-state index in [-0.39, 0.29) is 5.91 Å². The van der Waals surface area contributed by atoms with Crippen molar-refractivity contribution < 1.29 is 4.79 Å². The number of aryl methyl sites for hydroxylation is 1. The minimum atomic E-state index is 0.180. The first kappa shape index (κ1) is 14.8. The third-order valence-corrected chi connectivity index (χ3v) is 3.84. The fraction of sp³-hybridized carbons (Fsp3) is 0.600. The maximum absolute atomic E-state index is 11.7. The summed E-state index contributed by atoms with van der Waals surface area (Å²) < 4.78 is 0. The molecule has 0 unspecified atom stereocenters. The monoisotopic (exact) mass is 276 g/mol. The summed E-state index contributed by atoms with van der Waals surface area (Å²) in [4.78, 5) is 19.7. The second kappa shape index (κ2) is 6.70. The van der Waals surface area contributed by atoms with Gasteiger partial charge in [0.2, 0.25) is 5.91 Å². The lowest BCUT2D eigenvalue weighted by molar-refractivity contribution is -0.130. The van der Waals surface area contributed by atoms with E-state index in [1.54, 1.807) is 4.90 Å². The van der Waals surface area contributed by atoms with Gasteiger partial charge in [-0.1, -0.05) is 0 Å². The van der Waals surface area contributed by atoms with Crippen LogP contribution < -0.4 is 5.32 Å². The van der Waals surface area contributed by atoms with Crippen molar-refractivity contribution in [2.75, 3.05) is 39.0 Å². The summed E-state index contributed by atoms with van der Waals surface area (Å²) >= 11 is 0. The maximum atomic E-state index is 11.7. The molecule has 0 spiro atoms. The molecule has 5 nitrogen and oxygen atoms in total. The molecule has 1 saturated heterocycles. The van der Waals surface area contributed by atoms with E-state index in [2.05, 4.69) is 22.1 Å². The largest absolute Gasteiger partial charge is 0.381 e. The van der Waals surface area contributed by atoms with Crippen LogP contribution in [0.15, 0.2) is 18.5 Å². The third kappa shape index (κ3) is 3.93. The van der Waals surface area contributed by atoms with Gasteiger partial charge >= 0.3 is 0 Å². The summed E-state index contributed by atoms with van der Waals surface area (Å²) in [5, 5.41) is 3.56. The molecule has 1 N–H and O–H groups in total. The van der Waals surface area contributed by atoms with E-state index in [0.29, 0.717) is 12.6 Å². The van der Waals surface area contributed by atoms with Crippen LogP contribution in [0.4, 0.5) is 5.69 Å². The molecule has 5 heteroatoms. The molecule has 2 heterocycles. The van der Waals surface area contributed by atoms with Crippen molar-refractivity contribution in [3.63, 3.8) is 0 Å². The Bertz CT molecular complexity index is 453. The average molecular weight is 276 g/mol. The van der Waals surface area contributed by atoms with Gasteiger partial charge in [-0.2, -0.15) is 0 Å². The number of amides is 1.